The number of aromatic nitrogens is 2. The second kappa shape index (κ2) is 7.09. The molecule has 0 amide bonds. The van der Waals surface area contributed by atoms with Crippen LogP contribution in [-0.2, 0) is 10.0 Å². The molecule has 0 bridgehead atoms. The molecule has 8 heteroatoms. The molecule has 0 N–H and O–H groups in total. The van der Waals surface area contributed by atoms with Gasteiger partial charge in [-0.3, -0.25) is 4.31 Å². The lowest BCUT2D eigenvalue weighted by Gasteiger charge is -2.19. The monoisotopic (exact) mass is 373 g/mol. The van der Waals surface area contributed by atoms with Gasteiger partial charge in [0, 0.05) is 13.1 Å². The molecule has 136 valence electrons. The average Bonchev–Trinajstić information content (AvgIpc) is 3.18. The number of para-hydroxylation sites is 1. The van der Waals surface area contributed by atoms with Crippen molar-refractivity contribution in [2.45, 2.75) is 4.90 Å². The molecule has 0 aliphatic rings. The van der Waals surface area contributed by atoms with Crippen LogP contribution in [0.5, 0.6) is 11.5 Å². The maximum absolute atomic E-state index is 12.9. The van der Waals surface area contributed by atoms with Gasteiger partial charge in [-0.25, -0.2) is 13.1 Å². The van der Waals surface area contributed by atoms with E-state index in [1.165, 1.54) is 42.6 Å². The van der Waals surface area contributed by atoms with E-state index in [1.54, 1.807) is 18.2 Å². The minimum atomic E-state index is -3.77. The summed E-state index contributed by atoms with van der Waals surface area (Å²) in [5.74, 6) is 0.978. The number of nitrogens with zero attached hydrogens (tertiary/aromatic N) is 3. The fraction of sp³-hybridized carbons (Fsp3) is 0.167. The summed E-state index contributed by atoms with van der Waals surface area (Å²) in [7, 11) is 0.736. The van der Waals surface area contributed by atoms with Gasteiger partial charge in [0.2, 0.25) is 0 Å². The van der Waals surface area contributed by atoms with Crippen LogP contribution in [0.15, 0.2) is 65.8 Å². The Labute approximate surface area is 152 Å². The number of hydrogen-bond donors (Lipinski definition) is 0. The minimum Gasteiger partial charge on any atom is -0.493 e. The van der Waals surface area contributed by atoms with Crippen molar-refractivity contribution in [3.8, 4) is 17.2 Å². The van der Waals surface area contributed by atoms with Crippen molar-refractivity contribution in [2.24, 2.45) is 0 Å². The summed E-state index contributed by atoms with van der Waals surface area (Å²) in [4.78, 5) is 0.0960. The molecule has 7 nitrogen and oxygen atoms in total. The van der Waals surface area contributed by atoms with Gasteiger partial charge in [0.05, 0.1) is 38.0 Å². The maximum atomic E-state index is 12.9. The molecule has 0 aliphatic heterocycles. The van der Waals surface area contributed by atoms with Crippen LogP contribution in [0.2, 0.25) is 0 Å². The molecule has 26 heavy (non-hydrogen) atoms. The lowest BCUT2D eigenvalue weighted by atomic mass is 10.3. The minimum absolute atomic E-state index is 0.0960. The predicted octanol–water partition coefficient (Wildman–Crippen LogP) is 2.71. The molecule has 3 aromatic rings. The summed E-state index contributed by atoms with van der Waals surface area (Å²) in [5, 5.41) is 4.16. The van der Waals surface area contributed by atoms with Gasteiger partial charge in [0.15, 0.2) is 11.5 Å². The third kappa shape index (κ3) is 3.23. The van der Waals surface area contributed by atoms with Crippen molar-refractivity contribution >= 4 is 15.7 Å². The predicted molar refractivity (Wildman–Crippen MR) is 98.7 cm³/mol. The molecule has 1 aromatic heterocycles. The zero-order valence-electron chi connectivity index (χ0n) is 14.7. The Morgan fingerprint density at radius 1 is 1.00 bits per heavy atom. The summed E-state index contributed by atoms with van der Waals surface area (Å²) in [6.07, 6.45) is 2.82. The Morgan fingerprint density at radius 2 is 1.69 bits per heavy atom. The van der Waals surface area contributed by atoms with Gasteiger partial charge in [-0.1, -0.05) is 18.2 Å². The largest absolute Gasteiger partial charge is 0.493 e. The average molecular weight is 373 g/mol. The fourth-order valence-corrected chi connectivity index (χ4v) is 3.60. The molecule has 1 heterocycles. The molecule has 3 rings (SSSR count). The highest BCUT2D eigenvalue weighted by atomic mass is 32.2. The van der Waals surface area contributed by atoms with E-state index in [9.17, 15) is 8.42 Å². The van der Waals surface area contributed by atoms with Crippen molar-refractivity contribution in [2.75, 3.05) is 25.6 Å². The van der Waals surface area contributed by atoms with Crippen LogP contribution in [0.3, 0.4) is 0 Å². The van der Waals surface area contributed by atoms with Crippen LogP contribution in [0.4, 0.5) is 5.69 Å². The first-order chi connectivity index (χ1) is 12.5. The molecule has 0 unspecified atom stereocenters. The van der Waals surface area contributed by atoms with E-state index >= 15 is 0 Å². The molecule has 0 saturated heterocycles. The molecule has 0 aliphatic carbocycles. The third-order valence-electron chi connectivity index (χ3n) is 3.97. The molecule has 0 atom stereocenters. The number of ether oxygens (including phenoxy) is 2. The lowest BCUT2D eigenvalue weighted by Crippen LogP contribution is -2.26. The van der Waals surface area contributed by atoms with Crippen molar-refractivity contribution in [3.05, 3.63) is 60.9 Å². The zero-order valence-corrected chi connectivity index (χ0v) is 15.5. The summed E-state index contributed by atoms with van der Waals surface area (Å²) in [6, 6.07) is 14.2. The zero-order chi connectivity index (χ0) is 18.7. The summed E-state index contributed by atoms with van der Waals surface area (Å²) >= 11 is 0. The molecule has 0 spiro atoms. The number of benzene rings is 2. The number of anilines is 1. The smallest absolute Gasteiger partial charge is 0.267 e. The molecule has 0 radical (unpaired) electrons. The van der Waals surface area contributed by atoms with E-state index in [0.29, 0.717) is 17.2 Å². The standard InChI is InChI=1S/C18H19N3O4S/c1-20(15-9-10-17(24-2)18(11-15)25-3)26(22,23)16-12-19-21(13-16)14-7-5-4-6-8-14/h4-13H,1-3H3. The van der Waals surface area contributed by atoms with Gasteiger partial charge in [0.1, 0.15) is 4.90 Å². The van der Waals surface area contributed by atoms with Crippen molar-refractivity contribution < 1.29 is 17.9 Å². The SMILES string of the molecule is COc1ccc(N(C)S(=O)(=O)c2cnn(-c3ccccc3)c2)cc1OC. The van der Waals surface area contributed by atoms with Crippen LogP contribution in [-0.4, -0.2) is 39.5 Å². The van der Waals surface area contributed by atoms with Gasteiger partial charge in [0.25, 0.3) is 10.0 Å². The van der Waals surface area contributed by atoms with Gasteiger partial charge in [-0.2, -0.15) is 5.10 Å². The summed E-state index contributed by atoms with van der Waals surface area (Å²) in [6.45, 7) is 0. The highest BCUT2D eigenvalue weighted by Gasteiger charge is 2.24. The van der Waals surface area contributed by atoms with E-state index in [0.717, 1.165) is 5.69 Å². The molecular formula is C18H19N3O4S. The molecule has 0 fully saturated rings. The summed E-state index contributed by atoms with van der Waals surface area (Å²) < 4.78 is 39.0. The van der Waals surface area contributed by atoms with Crippen molar-refractivity contribution in [1.82, 2.24) is 9.78 Å². The van der Waals surface area contributed by atoms with Crippen molar-refractivity contribution in [3.63, 3.8) is 0 Å². The Bertz CT molecular complexity index is 1000. The van der Waals surface area contributed by atoms with E-state index in [-0.39, 0.29) is 4.90 Å². The Hall–Kier alpha value is -3.00. The van der Waals surface area contributed by atoms with E-state index < -0.39 is 10.0 Å². The first-order valence-electron chi connectivity index (χ1n) is 7.78. The maximum Gasteiger partial charge on any atom is 0.267 e. The quantitative estimate of drug-likeness (QED) is 0.664. The second-order valence-electron chi connectivity index (χ2n) is 5.47. The van der Waals surface area contributed by atoms with Crippen LogP contribution >= 0.6 is 0 Å². The Morgan fingerprint density at radius 3 is 2.35 bits per heavy atom. The van der Waals surface area contributed by atoms with Gasteiger partial charge >= 0.3 is 0 Å². The molecule has 2 aromatic carbocycles. The number of hydrogen-bond acceptors (Lipinski definition) is 5. The van der Waals surface area contributed by atoms with Gasteiger partial charge in [-0.15, -0.1) is 0 Å². The Balaban J connectivity index is 1.94. The van der Waals surface area contributed by atoms with Gasteiger partial charge < -0.3 is 9.47 Å². The number of rotatable bonds is 6. The first-order valence-corrected chi connectivity index (χ1v) is 9.22. The van der Waals surface area contributed by atoms with E-state index in [1.807, 2.05) is 30.3 Å². The third-order valence-corrected chi connectivity index (χ3v) is 5.71. The topological polar surface area (TPSA) is 73.7 Å². The van der Waals surface area contributed by atoms with Crippen molar-refractivity contribution in [1.29, 1.82) is 0 Å². The first kappa shape index (κ1) is 17.8. The van der Waals surface area contributed by atoms with Gasteiger partial charge in [-0.05, 0) is 24.3 Å². The Kier molecular flexibility index (Phi) is 4.85. The summed E-state index contributed by atoms with van der Waals surface area (Å²) in [5.41, 5.74) is 1.23. The lowest BCUT2D eigenvalue weighted by molar-refractivity contribution is 0.355. The van der Waals surface area contributed by atoms with E-state index in [4.69, 9.17) is 9.47 Å². The number of sulfonamides is 1. The highest BCUT2D eigenvalue weighted by molar-refractivity contribution is 7.92. The second-order valence-corrected chi connectivity index (χ2v) is 7.44. The fourth-order valence-electron chi connectivity index (χ4n) is 2.48. The highest BCUT2D eigenvalue weighted by Crippen LogP contribution is 2.33. The number of methoxy groups -OCH3 is 2. The van der Waals surface area contributed by atoms with Crippen LogP contribution < -0.4 is 13.8 Å². The molecule has 0 saturated carbocycles. The van der Waals surface area contributed by atoms with Crippen LogP contribution in [0.1, 0.15) is 0 Å². The normalized spacial score (nSPS) is 11.2. The van der Waals surface area contributed by atoms with Crippen LogP contribution in [0.25, 0.3) is 5.69 Å². The van der Waals surface area contributed by atoms with E-state index in [2.05, 4.69) is 5.10 Å². The molecular weight excluding hydrogens is 354 g/mol. The van der Waals surface area contributed by atoms with Crippen LogP contribution in [0, 0.1) is 0 Å².